The lowest BCUT2D eigenvalue weighted by Crippen LogP contribution is -2.04. The van der Waals surface area contributed by atoms with E-state index in [1.165, 1.54) is 24.3 Å². The third kappa shape index (κ3) is 4.78. The van der Waals surface area contributed by atoms with Crippen molar-refractivity contribution < 1.29 is 17.6 Å². The fourth-order valence-corrected chi connectivity index (χ4v) is 6.46. The molecule has 0 bridgehead atoms. The fourth-order valence-electron chi connectivity index (χ4n) is 6.46. The highest BCUT2D eigenvalue weighted by molar-refractivity contribution is 6.22. The third-order valence-electron chi connectivity index (χ3n) is 8.69. The minimum atomic E-state index is -1.75. The average molecular weight is 647 g/mol. The van der Waals surface area contributed by atoms with E-state index in [4.69, 9.17) is 20.2 Å². The lowest BCUT2D eigenvalue weighted by molar-refractivity contribution is 0.454. The van der Waals surface area contributed by atoms with Gasteiger partial charge < -0.3 is 0 Å². The Morgan fingerprint density at radius 2 is 1.06 bits per heavy atom. The molecule has 0 N–H and O–H groups in total. The molecule has 0 saturated heterocycles. The second kappa shape index (κ2) is 11.7. The molecule has 0 aliphatic carbocycles. The molecule has 0 aliphatic rings. The van der Waals surface area contributed by atoms with E-state index >= 15 is 8.78 Å². The van der Waals surface area contributed by atoms with Crippen molar-refractivity contribution in [2.45, 2.75) is 6.92 Å². The van der Waals surface area contributed by atoms with Crippen molar-refractivity contribution in [2.75, 3.05) is 0 Å². The number of hydrogen-bond donors (Lipinski definition) is 0. The van der Waals surface area contributed by atoms with E-state index in [2.05, 4.69) is 0 Å². The molecule has 0 fully saturated rings. The highest BCUT2D eigenvalue weighted by Gasteiger charge is 2.27. The summed E-state index contributed by atoms with van der Waals surface area (Å²) < 4.78 is 59.7. The topological polar surface area (TPSA) is 62.5 Å². The Morgan fingerprint density at radius 1 is 0.510 bits per heavy atom. The van der Waals surface area contributed by atoms with Crippen LogP contribution in [0.1, 0.15) is 11.1 Å². The summed E-state index contributed by atoms with van der Waals surface area (Å²) in [5, 5.41) is 11.4. The molecule has 0 saturated carbocycles. The van der Waals surface area contributed by atoms with Crippen LogP contribution in [0.15, 0.2) is 115 Å². The van der Waals surface area contributed by atoms with Crippen LogP contribution < -0.4 is 0 Å². The maximum Gasteiger partial charge on any atom is 0.180 e. The quantitative estimate of drug-likeness (QED) is 0.108. The molecule has 2 heterocycles. The Hall–Kier alpha value is -6.46. The van der Waals surface area contributed by atoms with Crippen LogP contribution in [0.3, 0.4) is 0 Å². The molecule has 8 aromatic rings. The molecule has 0 amide bonds. The molecule has 4 nitrogen and oxygen atoms in total. The van der Waals surface area contributed by atoms with E-state index in [0.29, 0.717) is 33.5 Å². The first-order valence-corrected chi connectivity index (χ1v) is 15.4. The minimum absolute atomic E-state index is 0.116. The van der Waals surface area contributed by atoms with Crippen LogP contribution in [0.5, 0.6) is 0 Å². The van der Waals surface area contributed by atoms with Crippen molar-refractivity contribution >= 4 is 32.7 Å². The van der Waals surface area contributed by atoms with Gasteiger partial charge in [0.1, 0.15) is 11.6 Å². The molecule has 234 valence electrons. The Labute approximate surface area is 277 Å². The highest BCUT2D eigenvalue weighted by Crippen LogP contribution is 2.42. The van der Waals surface area contributed by atoms with Crippen LogP contribution in [0.2, 0.25) is 0 Å². The van der Waals surface area contributed by atoms with Crippen LogP contribution in [0.25, 0.3) is 77.6 Å². The first kappa shape index (κ1) is 29.9. The van der Waals surface area contributed by atoms with Gasteiger partial charge in [-0.1, -0.05) is 97.1 Å². The zero-order chi connectivity index (χ0) is 33.8. The number of aryl methyl sites for hydroxylation is 1. The summed E-state index contributed by atoms with van der Waals surface area (Å²) >= 11 is 0. The first-order valence-electron chi connectivity index (χ1n) is 15.4. The van der Waals surface area contributed by atoms with E-state index in [1.807, 2.05) is 97.9 Å². The van der Waals surface area contributed by atoms with Crippen LogP contribution in [-0.4, -0.2) is 15.0 Å². The first-order chi connectivity index (χ1) is 23.9. The lowest BCUT2D eigenvalue weighted by Gasteiger charge is -2.17. The molecule has 0 spiro atoms. The number of para-hydroxylation sites is 1. The number of nitriles is 1. The molecule has 8 heteroatoms. The van der Waals surface area contributed by atoms with E-state index in [9.17, 15) is 8.78 Å². The largest absolute Gasteiger partial charge is 0.247 e. The predicted octanol–water partition coefficient (Wildman–Crippen LogP) is 10.7. The van der Waals surface area contributed by atoms with Crippen molar-refractivity contribution in [3.8, 4) is 51.0 Å². The summed E-state index contributed by atoms with van der Waals surface area (Å²) in [6, 6.07) is 36.5. The summed E-state index contributed by atoms with van der Waals surface area (Å²) in [4.78, 5) is 15.5. The van der Waals surface area contributed by atoms with E-state index in [-0.39, 0.29) is 5.56 Å². The van der Waals surface area contributed by atoms with E-state index < -0.39 is 34.4 Å². The maximum absolute atomic E-state index is 15.2. The van der Waals surface area contributed by atoms with Crippen LogP contribution in [0.4, 0.5) is 17.6 Å². The summed E-state index contributed by atoms with van der Waals surface area (Å²) in [7, 11) is 0. The van der Waals surface area contributed by atoms with Crippen molar-refractivity contribution in [1.29, 1.82) is 5.26 Å². The lowest BCUT2D eigenvalue weighted by atomic mass is 9.93. The van der Waals surface area contributed by atoms with Gasteiger partial charge in [0.05, 0.1) is 39.2 Å². The van der Waals surface area contributed by atoms with Gasteiger partial charge in [0.2, 0.25) is 0 Å². The minimum Gasteiger partial charge on any atom is -0.247 e. The van der Waals surface area contributed by atoms with Gasteiger partial charge in [0.25, 0.3) is 0 Å². The Kier molecular flexibility index (Phi) is 7.11. The summed E-state index contributed by atoms with van der Waals surface area (Å²) in [5.41, 5.74) is 4.63. The van der Waals surface area contributed by atoms with E-state index in [1.54, 1.807) is 6.07 Å². The van der Waals surface area contributed by atoms with Crippen molar-refractivity contribution in [3.63, 3.8) is 0 Å². The molecule has 0 radical (unpaired) electrons. The molecular formula is C41H22F4N4. The van der Waals surface area contributed by atoms with Gasteiger partial charge in [-0.05, 0) is 36.2 Å². The number of fused-ring (bicyclic) bond motifs is 5. The van der Waals surface area contributed by atoms with Crippen molar-refractivity contribution in [1.82, 2.24) is 15.0 Å². The molecule has 0 unspecified atom stereocenters. The number of halogens is 4. The van der Waals surface area contributed by atoms with Gasteiger partial charge in [-0.2, -0.15) is 5.26 Å². The SMILES string of the molecule is Cc1cc2nc(-c3ccccc3)c(-c3ccccc3)nc2c2c1c(-c1cccc(-c3c(F)c(F)c(C#N)c(F)c3F)c1)nc1ccccc12. The Bertz CT molecular complexity index is 2640. The van der Waals surface area contributed by atoms with Gasteiger partial charge in [-0.3, -0.25) is 0 Å². The van der Waals surface area contributed by atoms with Gasteiger partial charge in [0, 0.05) is 32.8 Å². The van der Waals surface area contributed by atoms with Crippen LogP contribution in [0, 0.1) is 41.5 Å². The summed E-state index contributed by atoms with van der Waals surface area (Å²) in [6.07, 6.45) is 0. The number of benzene rings is 6. The number of nitrogens with zero attached hydrogens (tertiary/aromatic N) is 4. The number of pyridine rings is 1. The molecule has 8 rings (SSSR count). The monoisotopic (exact) mass is 646 g/mol. The van der Waals surface area contributed by atoms with Crippen molar-refractivity contribution in [2.24, 2.45) is 0 Å². The average Bonchev–Trinajstić information content (AvgIpc) is 3.14. The smallest absolute Gasteiger partial charge is 0.180 e. The zero-order valence-corrected chi connectivity index (χ0v) is 25.8. The van der Waals surface area contributed by atoms with Crippen LogP contribution in [-0.2, 0) is 0 Å². The molecular weight excluding hydrogens is 624 g/mol. The second-order valence-electron chi connectivity index (χ2n) is 11.6. The Balaban J connectivity index is 1.46. The standard InChI is InChI=1S/C41H22F4N4/c1-22-19-30-41(49-40(24-13-6-3-7-14-24)39(48-30)23-11-4-2-5-12-23)33-27-17-8-9-18-29(27)47-38(31(22)33)26-16-10-15-25(20-26)32-36(44)34(42)28(21-46)35(43)37(32)45/h2-20H,1H3. The van der Waals surface area contributed by atoms with Gasteiger partial charge in [0.15, 0.2) is 23.3 Å². The zero-order valence-electron chi connectivity index (χ0n) is 25.8. The normalized spacial score (nSPS) is 11.3. The highest BCUT2D eigenvalue weighted by atomic mass is 19.2. The third-order valence-corrected chi connectivity index (χ3v) is 8.69. The molecule has 49 heavy (non-hydrogen) atoms. The van der Waals surface area contributed by atoms with Crippen molar-refractivity contribution in [3.05, 3.63) is 150 Å². The Morgan fingerprint density at radius 3 is 1.71 bits per heavy atom. The number of hydrogen-bond acceptors (Lipinski definition) is 4. The molecule has 2 aromatic heterocycles. The van der Waals surface area contributed by atoms with Gasteiger partial charge in [-0.25, -0.2) is 32.5 Å². The van der Waals surface area contributed by atoms with Gasteiger partial charge in [-0.15, -0.1) is 0 Å². The molecule has 0 atom stereocenters. The summed E-state index contributed by atoms with van der Waals surface area (Å²) in [6.45, 7) is 1.94. The van der Waals surface area contributed by atoms with E-state index in [0.717, 1.165) is 38.5 Å². The molecule has 0 aliphatic heterocycles. The predicted molar refractivity (Wildman–Crippen MR) is 183 cm³/mol. The number of aromatic nitrogens is 3. The fraction of sp³-hybridized carbons (Fsp3) is 0.0244. The summed E-state index contributed by atoms with van der Waals surface area (Å²) in [5.74, 6) is -6.80. The van der Waals surface area contributed by atoms with Gasteiger partial charge >= 0.3 is 0 Å². The van der Waals surface area contributed by atoms with Crippen LogP contribution >= 0.6 is 0 Å². The molecule has 6 aromatic carbocycles. The second-order valence-corrected chi connectivity index (χ2v) is 11.6. The maximum atomic E-state index is 15.2. The number of rotatable bonds is 4.